The Morgan fingerprint density at radius 3 is 2.56 bits per heavy atom. The number of aromatic nitrogens is 2. The van der Waals surface area contributed by atoms with Crippen molar-refractivity contribution in [1.82, 2.24) is 15.3 Å². The van der Waals surface area contributed by atoms with Crippen molar-refractivity contribution in [2.45, 2.75) is 13.3 Å². The van der Waals surface area contributed by atoms with Crippen molar-refractivity contribution in [2.24, 2.45) is 0 Å². The fraction of sp³-hybridized carbons (Fsp3) is 0.217. The van der Waals surface area contributed by atoms with Crippen LogP contribution in [0.15, 0.2) is 48.8 Å². The Kier molecular flexibility index (Phi) is 7.72. The van der Waals surface area contributed by atoms with Crippen LogP contribution in [0.2, 0.25) is 0 Å². The molecule has 0 saturated carbocycles. The molecule has 0 bridgehead atoms. The highest BCUT2D eigenvalue weighted by molar-refractivity contribution is 6.18. The molecule has 0 fully saturated rings. The summed E-state index contributed by atoms with van der Waals surface area (Å²) in [5.74, 6) is 0.225. The summed E-state index contributed by atoms with van der Waals surface area (Å²) in [6, 6.07) is 9.63. The lowest BCUT2D eigenvalue weighted by atomic mass is 9.96. The summed E-state index contributed by atoms with van der Waals surface area (Å²) >= 11 is 5.52. The van der Waals surface area contributed by atoms with E-state index < -0.39 is 11.8 Å². The summed E-state index contributed by atoms with van der Waals surface area (Å²) < 4.78 is 20.9. The molecular weight excluding hydrogens is 435 g/mol. The molecule has 2 amide bonds. The molecule has 1 heterocycles. The first kappa shape index (κ1) is 23.1. The van der Waals surface area contributed by atoms with Crippen molar-refractivity contribution >= 4 is 29.4 Å². The average molecular weight is 457 g/mol. The second kappa shape index (κ2) is 10.7. The summed E-state index contributed by atoms with van der Waals surface area (Å²) in [6.07, 6.45) is 3.27. The maximum Gasteiger partial charge on any atom is 0.321 e. The molecule has 0 atom stereocenters. The van der Waals surface area contributed by atoms with Crippen molar-refractivity contribution in [3.63, 3.8) is 0 Å². The van der Waals surface area contributed by atoms with E-state index >= 15 is 4.39 Å². The zero-order chi connectivity index (χ0) is 23.1. The maximum atomic E-state index is 15.5. The first-order valence-corrected chi connectivity index (χ1v) is 10.3. The molecule has 1 aromatic heterocycles. The third-order valence-electron chi connectivity index (χ3n) is 4.67. The average Bonchev–Trinajstić information content (AvgIpc) is 2.80. The lowest BCUT2D eigenvalue weighted by Crippen LogP contribution is -2.30. The van der Waals surface area contributed by atoms with E-state index in [0.29, 0.717) is 40.4 Å². The molecule has 9 heteroatoms. The molecule has 166 valence electrons. The molecule has 0 unspecified atom stereocenters. The minimum atomic E-state index is -0.461. The largest absolute Gasteiger partial charge is 0.496 e. The number of benzene rings is 2. The Bertz CT molecular complexity index is 1120. The molecule has 3 rings (SSSR count). The van der Waals surface area contributed by atoms with Crippen LogP contribution < -0.4 is 15.4 Å². The van der Waals surface area contributed by atoms with Crippen molar-refractivity contribution in [2.75, 3.05) is 24.9 Å². The molecule has 0 aliphatic carbocycles. The first-order chi connectivity index (χ1) is 15.4. The quantitative estimate of drug-likeness (QED) is 0.386. The number of carbonyl (C=O) groups excluding carboxylic acids is 2. The van der Waals surface area contributed by atoms with Crippen LogP contribution in [0.5, 0.6) is 5.75 Å². The fourth-order valence-electron chi connectivity index (χ4n) is 3.11. The minimum absolute atomic E-state index is 0.107. The SMILES string of the molecule is COc1ccc(Cc2cnc(NC(=O)NCCCl)nc2)c(F)c1-c1cccc(C(C)=O)c1. The Morgan fingerprint density at radius 1 is 1.16 bits per heavy atom. The number of nitrogens with one attached hydrogen (secondary N) is 2. The highest BCUT2D eigenvalue weighted by atomic mass is 35.5. The van der Waals surface area contributed by atoms with E-state index in [1.807, 2.05) is 0 Å². The Morgan fingerprint density at radius 2 is 1.91 bits per heavy atom. The van der Waals surface area contributed by atoms with E-state index in [4.69, 9.17) is 16.3 Å². The van der Waals surface area contributed by atoms with Gasteiger partial charge in [0.05, 0.1) is 12.7 Å². The fourth-order valence-corrected chi connectivity index (χ4v) is 3.20. The van der Waals surface area contributed by atoms with Gasteiger partial charge in [-0.05, 0) is 35.7 Å². The first-order valence-electron chi connectivity index (χ1n) is 9.81. The van der Waals surface area contributed by atoms with Gasteiger partial charge in [-0.1, -0.05) is 24.3 Å². The lowest BCUT2D eigenvalue weighted by Gasteiger charge is -2.14. The third-order valence-corrected chi connectivity index (χ3v) is 4.86. The Labute approximate surface area is 190 Å². The van der Waals surface area contributed by atoms with Gasteiger partial charge in [0.2, 0.25) is 5.95 Å². The van der Waals surface area contributed by atoms with Crippen LogP contribution in [0.25, 0.3) is 11.1 Å². The van der Waals surface area contributed by atoms with E-state index in [1.54, 1.807) is 36.4 Å². The van der Waals surface area contributed by atoms with Crippen molar-refractivity contribution in [3.05, 3.63) is 71.3 Å². The number of alkyl halides is 1. The number of urea groups is 1. The van der Waals surface area contributed by atoms with Gasteiger partial charge in [0.25, 0.3) is 0 Å². The van der Waals surface area contributed by atoms with Gasteiger partial charge in [0.15, 0.2) is 5.78 Å². The molecule has 3 aromatic rings. The highest BCUT2D eigenvalue weighted by Crippen LogP contribution is 2.35. The van der Waals surface area contributed by atoms with Gasteiger partial charge in [-0.3, -0.25) is 10.1 Å². The molecule has 2 N–H and O–H groups in total. The molecule has 0 radical (unpaired) electrons. The standard InChI is InChI=1S/C23H22ClFN4O3/c1-14(30)16-4-3-5-17(11-16)20-19(32-2)7-6-18(21(20)25)10-15-12-27-22(28-13-15)29-23(31)26-9-8-24/h3-7,11-13H,8-10H2,1-2H3,(H2,26,27,28,29,31). The number of anilines is 1. The van der Waals surface area contributed by atoms with Crippen molar-refractivity contribution in [1.29, 1.82) is 0 Å². The predicted molar refractivity (Wildman–Crippen MR) is 121 cm³/mol. The number of hydrogen-bond donors (Lipinski definition) is 2. The van der Waals surface area contributed by atoms with Gasteiger partial charge in [0, 0.05) is 36.8 Å². The summed E-state index contributed by atoms with van der Waals surface area (Å²) in [5.41, 5.74) is 2.39. The number of methoxy groups -OCH3 is 1. The van der Waals surface area contributed by atoms with E-state index in [2.05, 4.69) is 20.6 Å². The molecule has 7 nitrogen and oxygen atoms in total. The van der Waals surface area contributed by atoms with Crippen molar-refractivity contribution < 1.29 is 18.7 Å². The Hall–Kier alpha value is -3.52. The topological polar surface area (TPSA) is 93.2 Å². The highest BCUT2D eigenvalue weighted by Gasteiger charge is 2.17. The van der Waals surface area contributed by atoms with E-state index in [0.717, 1.165) is 0 Å². The van der Waals surface area contributed by atoms with Gasteiger partial charge in [-0.25, -0.2) is 19.2 Å². The zero-order valence-corrected chi connectivity index (χ0v) is 18.4. The van der Waals surface area contributed by atoms with Crippen LogP contribution in [-0.2, 0) is 6.42 Å². The number of halogens is 2. The minimum Gasteiger partial charge on any atom is -0.496 e. The van der Waals surface area contributed by atoms with E-state index in [1.165, 1.54) is 26.4 Å². The number of ketones is 1. The molecule has 0 aliphatic heterocycles. The summed E-state index contributed by atoms with van der Waals surface area (Å²) in [6.45, 7) is 1.78. The monoisotopic (exact) mass is 456 g/mol. The van der Waals surface area contributed by atoms with Gasteiger partial charge in [0.1, 0.15) is 11.6 Å². The molecule has 0 aliphatic rings. The summed E-state index contributed by atoms with van der Waals surface area (Å²) in [5, 5.41) is 5.03. The molecule has 0 spiro atoms. The van der Waals surface area contributed by atoms with Gasteiger partial charge < -0.3 is 10.1 Å². The summed E-state index contributed by atoms with van der Waals surface area (Å²) in [7, 11) is 1.47. The molecule has 0 saturated heterocycles. The molecule has 2 aromatic carbocycles. The van der Waals surface area contributed by atoms with E-state index in [9.17, 15) is 9.59 Å². The van der Waals surface area contributed by atoms with Crippen LogP contribution in [0, 0.1) is 5.82 Å². The van der Waals surface area contributed by atoms with Crippen LogP contribution in [-0.4, -0.2) is 41.3 Å². The van der Waals surface area contributed by atoms with Crippen LogP contribution in [0.1, 0.15) is 28.4 Å². The number of carbonyl (C=O) groups is 2. The number of Topliss-reactive ketones (excluding diaryl/α,β-unsaturated/α-hetero) is 1. The molecule has 32 heavy (non-hydrogen) atoms. The van der Waals surface area contributed by atoms with Crippen LogP contribution in [0.3, 0.4) is 0 Å². The maximum absolute atomic E-state index is 15.5. The number of hydrogen-bond acceptors (Lipinski definition) is 5. The number of rotatable bonds is 8. The number of nitrogens with zero attached hydrogens (tertiary/aromatic N) is 2. The van der Waals surface area contributed by atoms with Crippen molar-refractivity contribution in [3.8, 4) is 16.9 Å². The normalized spacial score (nSPS) is 10.5. The number of amides is 2. The smallest absolute Gasteiger partial charge is 0.321 e. The summed E-state index contributed by atoms with van der Waals surface area (Å²) in [4.78, 5) is 31.6. The van der Waals surface area contributed by atoms with Gasteiger partial charge in [-0.2, -0.15) is 0 Å². The second-order valence-corrected chi connectivity index (χ2v) is 7.29. The van der Waals surface area contributed by atoms with Crippen LogP contribution in [0.4, 0.5) is 15.1 Å². The zero-order valence-electron chi connectivity index (χ0n) is 17.6. The molecular formula is C23H22ClFN4O3. The van der Waals surface area contributed by atoms with Crippen LogP contribution >= 0.6 is 11.6 Å². The van der Waals surface area contributed by atoms with Gasteiger partial charge >= 0.3 is 6.03 Å². The van der Waals surface area contributed by atoms with E-state index in [-0.39, 0.29) is 23.7 Å². The predicted octanol–water partition coefficient (Wildman–Crippen LogP) is 4.45. The lowest BCUT2D eigenvalue weighted by molar-refractivity contribution is 0.101. The Balaban J connectivity index is 1.85. The third kappa shape index (κ3) is 5.59. The second-order valence-electron chi connectivity index (χ2n) is 6.91. The number of ether oxygens (including phenoxy) is 1. The van der Waals surface area contributed by atoms with Gasteiger partial charge in [-0.15, -0.1) is 11.6 Å².